The molecule has 2 aromatic rings. The molecule has 214 valence electrons. The first kappa shape index (κ1) is 34.4. The molecule has 4 rings (SSSR count). The Morgan fingerprint density at radius 2 is 1.45 bits per heavy atom. The monoisotopic (exact) mass is 535 g/mol. The van der Waals surface area contributed by atoms with Crippen molar-refractivity contribution in [1.29, 1.82) is 0 Å². The molecule has 2 aliphatic carbocycles. The first-order valence-electron chi connectivity index (χ1n) is 14.8. The topological polar surface area (TPSA) is 12.0 Å². The van der Waals surface area contributed by atoms with E-state index in [1.54, 1.807) is 0 Å². The Morgan fingerprint density at radius 1 is 0.850 bits per heavy atom. The summed E-state index contributed by atoms with van der Waals surface area (Å²) in [5, 5.41) is 3.07. The highest BCUT2D eigenvalue weighted by Crippen LogP contribution is 2.58. The molecule has 1 saturated carbocycles. The van der Waals surface area contributed by atoms with E-state index >= 15 is 0 Å². The van der Waals surface area contributed by atoms with Crippen LogP contribution in [0.25, 0.3) is 5.57 Å². The van der Waals surface area contributed by atoms with E-state index in [0.717, 1.165) is 0 Å². The summed E-state index contributed by atoms with van der Waals surface area (Å²) in [5.41, 5.74) is 9.78. The molecule has 0 spiro atoms. The second-order valence-electron chi connectivity index (χ2n) is 10.0. The highest BCUT2D eigenvalue weighted by molar-refractivity contribution is 5.75. The lowest BCUT2D eigenvalue weighted by atomic mass is 9.52. The molecule has 0 amide bonds. The zero-order valence-corrected chi connectivity index (χ0v) is 26.8. The molecule has 40 heavy (non-hydrogen) atoms. The molecule has 0 aliphatic heterocycles. The van der Waals surface area contributed by atoms with E-state index < -0.39 is 0 Å². The Balaban J connectivity index is 0.000000305. The normalized spacial score (nSPS) is 20.4. The number of aryl methyl sites for hydroxylation is 3. The lowest BCUT2D eigenvalue weighted by Gasteiger charge is -2.51. The van der Waals surface area contributed by atoms with Gasteiger partial charge >= 0.3 is 0 Å². The standard InChI is InChI=1S/C16H20.C13H17N.C8H10.C2H6/c1-4-6-10-14-13-9-7-8-11-15(13)16(14,3)12-5-2;1-4-7-12(10-14-3)13-9-6-5-8-11(13)2;1-7-5-3-4-6-8(7)2;1-2/h4-10,12,15H,11H2,1-3H3;4-10,14H,1-3H3;3-6H,1-2H3;1-2H3/b6-4-,12-5?,14-10?;7-4-,12-10+;;. The number of rotatable bonds is 5. The third-order valence-electron chi connectivity index (χ3n) is 7.27. The van der Waals surface area contributed by atoms with Gasteiger partial charge in [-0.15, -0.1) is 0 Å². The van der Waals surface area contributed by atoms with Gasteiger partial charge in [-0.3, -0.25) is 0 Å². The Labute approximate surface area is 246 Å². The maximum atomic E-state index is 3.07. The molecule has 1 N–H and O–H groups in total. The van der Waals surface area contributed by atoms with Crippen LogP contribution in [0, 0.1) is 32.1 Å². The van der Waals surface area contributed by atoms with Crippen molar-refractivity contribution < 1.29 is 0 Å². The summed E-state index contributed by atoms with van der Waals surface area (Å²) in [6, 6.07) is 16.7. The molecule has 2 aromatic carbocycles. The fourth-order valence-corrected chi connectivity index (χ4v) is 5.03. The number of allylic oxidation sites excluding steroid dienone is 13. The molecule has 0 bridgehead atoms. The van der Waals surface area contributed by atoms with Crippen LogP contribution in [0.1, 0.15) is 70.2 Å². The largest absolute Gasteiger partial charge is 0.393 e. The predicted octanol–water partition coefficient (Wildman–Crippen LogP) is 11.0. The van der Waals surface area contributed by atoms with Crippen LogP contribution in [0.4, 0.5) is 0 Å². The summed E-state index contributed by atoms with van der Waals surface area (Å²) < 4.78 is 0. The Kier molecular flexibility index (Phi) is 16.1. The lowest BCUT2D eigenvalue weighted by Crippen LogP contribution is -2.41. The Hall–Kier alpha value is -3.58. The van der Waals surface area contributed by atoms with Crippen LogP contribution in [-0.4, -0.2) is 7.05 Å². The van der Waals surface area contributed by atoms with Gasteiger partial charge in [0.25, 0.3) is 0 Å². The van der Waals surface area contributed by atoms with Crippen LogP contribution in [0.15, 0.2) is 127 Å². The molecule has 1 heteroatoms. The van der Waals surface area contributed by atoms with Crippen LogP contribution in [-0.2, 0) is 0 Å². The van der Waals surface area contributed by atoms with E-state index in [4.69, 9.17) is 0 Å². The van der Waals surface area contributed by atoms with Gasteiger partial charge in [0.15, 0.2) is 0 Å². The molecular formula is C39H53N. The SMILES string of the molecule is C/C=C\C(=C/NC)c1ccccc1C.CC.CC=CC1(C)C(=C/C=C\C)C2=CC=CCC21.Cc1ccccc1C. The highest BCUT2D eigenvalue weighted by atomic mass is 14.8. The van der Waals surface area contributed by atoms with E-state index in [2.05, 4.69) is 156 Å². The van der Waals surface area contributed by atoms with Crippen LogP contribution >= 0.6 is 0 Å². The van der Waals surface area contributed by atoms with Gasteiger partial charge < -0.3 is 5.32 Å². The quantitative estimate of drug-likeness (QED) is 0.296. The van der Waals surface area contributed by atoms with Crippen molar-refractivity contribution in [2.24, 2.45) is 11.3 Å². The van der Waals surface area contributed by atoms with Gasteiger partial charge in [-0.2, -0.15) is 0 Å². The summed E-state index contributed by atoms with van der Waals surface area (Å²) in [6.45, 7) is 18.9. The van der Waals surface area contributed by atoms with Crippen molar-refractivity contribution in [3.8, 4) is 0 Å². The second-order valence-corrected chi connectivity index (χ2v) is 10.0. The van der Waals surface area contributed by atoms with Crippen LogP contribution in [0.5, 0.6) is 0 Å². The van der Waals surface area contributed by atoms with E-state index in [-0.39, 0.29) is 5.41 Å². The molecule has 1 fully saturated rings. The highest BCUT2D eigenvalue weighted by Gasteiger charge is 2.48. The van der Waals surface area contributed by atoms with Crippen molar-refractivity contribution in [1.82, 2.24) is 5.32 Å². The van der Waals surface area contributed by atoms with Gasteiger partial charge in [-0.05, 0) is 86.9 Å². The van der Waals surface area contributed by atoms with E-state index in [1.807, 2.05) is 34.0 Å². The molecule has 0 heterocycles. The fourth-order valence-electron chi connectivity index (χ4n) is 5.03. The van der Waals surface area contributed by atoms with Crippen molar-refractivity contribution in [2.45, 2.75) is 68.7 Å². The van der Waals surface area contributed by atoms with Gasteiger partial charge in [0, 0.05) is 24.6 Å². The molecule has 0 saturated heterocycles. The molecule has 1 nitrogen and oxygen atoms in total. The molecule has 0 aromatic heterocycles. The maximum absolute atomic E-state index is 3.07. The van der Waals surface area contributed by atoms with Crippen LogP contribution in [0.3, 0.4) is 0 Å². The van der Waals surface area contributed by atoms with Crippen molar-refractivity contribution >= 4 is 5.57 Å². The molecule has 2 unspecified atom stereocenters. The summed E-state index contributed by atoms with van der Waals surface area (Å²) >= 11 is 0. The van der Waals surface area contributed by atoms with Gasteiger partial charge in [-0.1, -0.05) is 130 Å². The minimum atomic E-state index is 0.241. The van der Waals surface area contributed by atoms with Crippen molar-refractivity contribution in [2.75, 3.05) is 7.05 Å². The lowest BCUT2D eigenvalue weighted by molar-refractivity contribution is 0.284. The smallest absolute Gasteiger partial charge is 0.0178 e. The van der Waals surface area contributed by atoms with Gasteiger partial charge in [0.2, 0.25) is 0 Å². The van der Waals surface area contributed by atoms with E-state index in [9.17, 15) is 0 Å². The average molecular weight is 536 g/mol. The van der Waals surface area contributed by atoms with Gasteiger partial charge in [-0.25, -0.2) is 0 Å². The number of benzene rings is 2. The predicted molar refractivity (Wildman–Crippen MR) is 181 cm³/mol. The summed E-state index contributed by atoms with van der Waals surface area (Å²) in [7, 11) is 1.92. The fraction of sp³-hybridized carbons (Fsp3) is 0.333. The number of fused-ring (bicyclic) bond motifs is 1. The van der Waals surface area contributed by atoms with E-state index in [0.29, 0.717) is 5.92 Å². The number of hydrogen-bond acceptors (Lipinski definition) is 1. The Bertz CT molecular complexity index is 1220. The van der Waals surface area contributed by atoms with Gasteiger partial charge in [0.05, 0.1) is 0 Å². The molecular weight excluding hydrogens is 482 g/mol. The second kappa shape index (κ2) is 18.7. The third-order valence-corrected chi connectivity index (χ3v) is 7.27. The maximum Gasteiger partial charge on any atom is 0.0178 e. The Morgan fingerprint density at radius 3 is 1.95 bits per heavy atom. The summed E-state index contributed by atoms with van der Waals surface area (Å²) in [6.07, 6.45) is 25.1. The summed E-state index contributed by atoms with van der Waals surface area (Å²) in [4.78, 5) is 0. The average Bonchev–Trinajstić information content (AvgIpc) is 2.97. The molecule has 2 aliphatic rings. The van der Waals surface area contributed by atoms with Gasteiger partial charge in [0.1, 0.15) is 0 Å². The zero-order chi connectivity index (χ0) is 30.0. The third kappa shape index (κ3) is 9.56. The van der Waals surface area contributed by atoms with Crippen molar-refractivity contribution in [3.05, 3.63) is 149 Å². The van der Waals surface area contributed by atoms with Crippen LogP contribution in [0.2, 0.25) is 0 Å². The molecule has 2 atom stereocenters. The minimum Gasteiger partial charge on any atom is -0.393 e. The minimum absolute atomic E-state index is 0.241. The van der Waals surface area contributed by atoms with Crippen LogP contribution < -0.4 is 5.32 Å². The summed E-state index contributed by atoms with van der Waals surface area (Å²) in [5.74, 6) is 0.685. The number of hydrogen-bond donors (Lipinski definition) is 1. The van der Waals surface area contributed by atoms with Crippen molar-refractivity contribution in [3.63, 3.8) is 0 Å². The molecule has 0 radical (unpaired) electrons. The zero-order valence-electron chi connectivity index (χ0n) is 26.8. The van der Waals surface area contributed by atoms with E-state index in [1.165, 1.54) is 45.4 Å². The first-order valence-corrected chi connectivity index (χ1v) is 14.8. The number of nitrogens with one attached hydrogen (secondary N) is 1. The first-order chi connectivity index (χ1) is 19.3.